The van der Waals surface area contributed by atoms with Crippen molar-refractivity contribution in [3.63, 3.8) is 0 Å². The van der Waals surface area contributed by atoms with E-state index in [0.29, 0.717) is 24.4 Å². The lowest BCUT2D eigenvalue weighted by molar-refractivity contribution is -0.138. The van der Waals surface area contributed by atoms with Gasteiger partial charge in [-0.1, -0.05) is 11.3 Å². The molecular formula is C8H12F3N3OS. The van der Waals surface area contributed by atoms with E-state index in [1.165, 1.54) is 0 Å². The number of alkyl halides is 3. The van der Waals surface area contributed by atoms with Crippen molar-refractivity contribution in [1.29, 1.82) is 0 Å². The standard InChI is InChI=1S/C8H12F3N3OS/c1-5(3-4-15-2)12-7-14-13-6(16-7)8(9,10)11/h5H,3-4H2,1-2H3,(H,12,14)/t5-/m0/s1. The van der Waals surface area contributed by atoms with Crippen LogP contribution < -0.4 is 5.32 Å². The van der Waals surface area contributed by atoms with Crippen LogP contribution in [0, 0.1) is 0 Å². The lowest BCUT2D eigenvalue weighted by atomic mass is 10.2. The quantitative estimate of drug-likeness (QED) is 0.877. The Morgan fingerprint density at radius 2 is 2.12 bits per heavy atom. The molecule has 92 valence electrons. The largest absolute Gasteiger partial charge is 0.445 e. The fourth-order valence-electron chi connectivity index (χ4n) is 0.974. The van der Waals surface area contributed by atoms with Crippen molar-refractivity contribution in [2.45, 2.75) is 25.6 Å². The van der Waals surface area contributed by atoms with E-state index in [1.54, 1.807) is 7.11 Å². The van der Waals surface area contributed by atoms with Gasteiger partial charge in [-0.05, 0) is 13.3 Å². The zero-order valence-electron chi connectivity index (χ0n) is 8.84. The Morgan fingerprint density at radius 3 is 2.62 bits per heavy atom. The van der Waals surface area contributed by atoms with Crippen molar-refractivity contribution >= 4 is 16.5 Å². The minimum atomic E-state index is -4.42. The van der Waals surface area contributed by atoms with E-state index in [0.717, 1.165) is 0 Å². The maximum absolute atomic E-state index is 12.2. The van der Waals surface area contributed by atoms with Gasteiger partial charge in [0.2, 0.25) is 10.1 Å². The summed E-state index contributed by atoms with van der Waals surface area (Å²) in [6, 6.07) is -0.00557. The zero-order chi connectivity index (χ0) is 12.2. The van der Waals surface area contributed by atoms with Crippen LogP contribution in [0.2, 0.25) is 0 Å². The predicted octanol–water partition coefficient (Wildman–Crippen LogP) is 2.39. The van der Waals surface area contributed by atoms with Crippen LogP contribution in [0.4, 0.5) is 18.3 Å². The number of hydrogen-bond acceptors (Lipinski definition) is 5. The second-order valence-electron chi connectivity index (χ2n) is 3.24. The first-order chi connectivity index (χ1) is 7.43. The summed E-state index contributed by atoms with van der Waals surface area (Å²) in [5, 5.41) is 8.57. The zero-order valence-corrected chi connectivity index (χ0v) is 9.65. The average molecular weight is 255 g/mol. The van der Waals surface area contributed by atoms with Gasteiger partial charge in [0.05, 0.1) is 0 Å². The molecule has 4 nitrogen and oxygen atoms in total. The number of aromatic nitrogens is 2. The van der Waals surface area contributed by atoms with Crippen molar-refractivity contribution in [3.05, 3.63) is 5.01 Å². The van der Waals surface area contributed by atoms with Gasteiger partial charge < -0.3 is 10.1 Å². The molecule has 1 aromatic heterocycles. The van der Waals surface area contributed by atoms with E-state index in [-0.39, 0.29) is 11.2 Å². The van der Waals surface area contributed by atoms with Crippen molar-refractivity contribution in [1.82, 2.24) is 10.2 Å². The van der Waals surface area contributed by atoms with Crippen LogP contribution >= 0.6 is 11.3 Å². The van der Waals surface area contributed by atoms with Gasteiger partial charge in [-0.15, -0.1) is 10.2 Å². The number of anilines is 1. The lowest BCUT2D eigenvalue weighted by Gasteiger charge is -2.10. The summed E-state index contributed by atoms with van der Waals surface area (Å²) >= 11 is 0.502. The summed E-state index contributed by atoms with van der Waals surface area (Å²) in [7, 11) is 1.57. The molecule has 0 unspecified atom stereocenters. The van der Waals surface area contributed by atoms with E-state index in [9.17, 15) is 13.2 Å². The van der Waals surface area contributed by atoms with E-state index >= 15 is 0 Å². The van der Waals surface area contributed by atoms with E-state index in [1.807, 2.05) is 6.92 Å². The number of rotatable bonds is 5. The van der Waals surface area contributed by atoms with E-state index in [4.69, 9.17) is 4.74 Å². The van der Waals surface area contributed by atoms with Crippen LogP contribution in [0.5, 0.6) is 0 Å². The van der Waals surface area contributed by atoms with E-state index < -0.39 is 11.2 Å². The maximum Gasteiger partial charge on any atom is 0.445 e. The molecule has 1 aromatic rings. The number of halogens is 3. The SMILES string of the molecule is COCC[C@H](C)Nc1nnc(C(F)(F)F)s1. The molecule has 0 bridgehead atoms. The van der Waals surface area contributed by atoms with Crippen LogP contribution in [-0.4, -0.2) is 30.0 Å². The summed E-state index contributed by atoms with van der Waals surface area (Å²) in [4.78, 5) is 0. The van der Waals surface area contributed by atoms with Crippen molar-refractivity contribution < 1.29 is 17.9 Å². The summed E-state index contributed by atoms with van der Waals surface area (Å²) in [5.74, 6) is 0. The van der Waals surface area contributed by atoms with Gasteiger partial charge in [0.25, 0.3) is 0 Å². The second kappa shape index (κ2) is 5.44. The molecule has 1 rings (SSSR count). The highest BCUT2D eigenvalue weighted by Gasteiger charge is 2.35. The van der Waals surface area contributed by atoms with Crippen LogP contribution in [0.25, 0.3) is 0 Å². The minimum absolute atomic E-state index is 0.00557. The molecule has 1 heterocycles. The third kappa shape index (κ3) is 3.93. The Labute approximate surface area is 94.8 Å². The molecule has 0 aromatic carbocycles. The van der Waals surface area contributed by atoms with Crippen LogP contribution in [0.15, 0.2) is 0 Å². The fraction of sp³-hybridized carbons (Fsp3) is 0.750. The van der Waals surface area contributed by atoms with Crippen molar-refractivity contribution in [2.24, 2.45) is 0 Å². The predicted molar refractivity (Wildman–Crippen MR) is 54.5 cm³/mol. The first-order valence-electron chi connectivity index (χ1n) is 4.59. The number of ether oxygens (including phenoxy) is 1. The Kier molecular flexibility index (Phi) is 4.48. The molecule has 0 spiro atoms. The monoisotopic (exact) mass is 255 g/mol. The van der Waals surface area contributed by atoms with E-state index in [2.05, 4.69) is 15.5 Å². The van der Waals surface area contributed by atoms with Gasteiger partial charge in [-0.3, -0.25) is 0 Å². The van der Waals surface area contributed by atoms with Crippen molar-refractivity contribution in [3.8, 4) is 0 Å². The van der Waals surface area contributed by atoms with Gasteiger partial charge in [-0.25, -0.2) is 0 Å². The second-order valence-corrected chi connectivity index (χ2v) is 4.21. The van der Waals surface area contributed by atoms with Gasteiger partial charge in [0.15, 0.2) is 0 Å². The highest BCUT2D eigenvalue weighted by molar-refractivity contribution is 7.15. The molecule has 0 saturated heterocycles. The molecule has 0 aliphatic rings. The Morgan fingerprint density at radius 1 is 1.44 bits per heavy atom. The number of hydrogen-bond donors (Lipinski definition) is 1. The minimum Gasteiger partial charge on any atom is -0.385 e. The third-order valence-electron chi connectivity index (χ3n) is 1.79. The molecule has 0 saturated carbocycles. The fourth-order valence-corrected chi connectivity index (χ4v) is 1.70. The number of nitrogens with one attached hydrogen (secondary N) is 1. The summed E-state index contributed by atoms with van der Waals surface area (Å²) in [6.07, 6.45) is -3.73. The van der Waals surface area contributed by atoms with Crippen molar-refractivity contribution in [2.75, 3.05) is 19.0 Å². The molecule has 16 heavy (non-hydrogen) atoms. The Hall–Kier alpha value is -0.890. The smallest absolute Gasteiger partial charge is 0.385 e. The Bertz CT molecular complexity index is 329. The van der Waals surface area contributed by atoms with Crippen LogP contribution in [0.1, 0.15) is 18.4 Å². The number of nitrogens with zero attached hydrogens (tertiary/aromatic N) is 2. The summed E-state index contributed by atoms with van der Waals surface area (Å²) in [5.41, 5.74) is 0. The topological polar surface area (TPSA) is 47.0 Å². The number of methoxy groups -OCH3 is 1. The molecule has 0 radical (unpaired) electrons. The molecular weight excluding hydrogens is 243 g/mol. The maximum atomic E-state index is 12.2. The highest BCUT2D eigenvalue weighted by Crippen LogP contribution is 2.33. The van der Waals surface area contributed by atoms with Gasteiger partial charge in [0.1, 0.15) is 0 Å². The average Bonchev–Trinajstić information content (AvgIpc) is 2.62. The molecule has 0 aliphatic heterocycles. The first-order valence-corrected chi connectivity index (χ1v) is 5.41. The summed E-state index contributed by atoms with van der Waals surface area (Å²) < 4.78 is 41.5. The van der Waals surface area contributed by atoms with Gasteiger partial charge in [-0.2, -0.15) is 13.2 Å². The first kappa shape index (κ1) is 13.2. The van der Waals surface area contributed by atoms with Gasteiger partial charge in [0, 0.05) is 19.8 Å². The summed E-state index contributed by atoms with van der Waals surface area (Å²) in [6.45, 7) is 2.38. The molecule has 1 atom stereocenters. The van der Waals surface area contributed by atoms with Crippen LogP contribution in [0.3, 0.4) is 0 Å². The normalized spacial score (nSPS) is 13.8. The van der Waals surface area contributed by atoms with Gasteiger partial charge >= 0.3 is 6.18 Å². The Balaban J connectivity index is 2.52. The molecule has 8 heteroatoms. The van der Waals surface area contributed by atoms with Crippen LogP contribution in [-0.2, 0) is 10.9 Å². The lowest BCUT2D eigenvalue weighted by Crippen LogP contribution is -2.16. The molecule has 0 amide bonds. The molecule has 1 N–H and O–H groups in total. The third-order valence-corrected chi connectivity index (χ3v) is 2.69. The molecule has 0 fully saturated rings. The highest BCUT2D eigenvalue weighted by atomic mass is 32.1. The molecule has 0 aliphatic carbocycles.